The molecule has 0 fully saturated rings. The number of amides is 1. The van der Waals surface area contributed by atoms with E-state index in [1.165, 1.54) is 0 Å². The molecule has 0 bridgehead atoms. The maximum absolute atomic E-state index is 11.4. The van der Waals surface area contributed by atoms with Crippen LogP contribution in [0.4, 0.5) is 0 Å². The molecule has 1 amide bonds. The first-order valence-corrected chi connectivity index (χ1v) is 7.33. The van der Waals surface area contributed by atoms with Crippen molar-refractivity contribution in [3.8, 4) is 0 Å². The smallest absolute Gasteiger partial charge is 0.335 e. The van der Waals surface area contributed by atoms with E-state index >= 15 is 0 Å². The van der Waals surface area contributed by atoms with E-state index in [1.54, 1.807) is 18.2 Å². The van der Waals surface area contributed by atoms with E-state index in [2.05, 4.69) is 26.6 Å². The molecule has 0 spiro atoms. The summed E-state index contributed by atoms with van der Waals surface area (Å²) in [6, 6.07) is 4.91. The lowest BCUT2D eigenvalue weighted by Crippen LogP contribution is -2.28. The van der Waals surface area contributed by atoms with Crippen molar-refractivity contribution in [3.05, 3.63) is 33.8 Å². The molecule has 6 heteroatoms. The predicted molar refractivity (Wildman–Crippen MR) is 80.7 cm³/mol. The maximum atomic E-state index is 11.4. The van der Waals surface area contributed by atoms with Crippen molar-refractivity contribution in [1.29, 1.82) is 0 Å². The van der Waals surface area contributed by atoms with Gasteiger partial charge in [0.25, 0.3) is 0 Å². The monoisotopic (exact) mass is 342 g/mol. The number of benzene rings is 1. The highest BCUT2D eigenvalue weighted by Gasteiger charge is 2.06. The minimum atomic E-state index is -0.946. The number of rotatable bonds is 8. The van der Waals surface area contributed by atoms with Crippen LogP contribution in [0.2, 0.25) is 0 Å². The first-order chi connectivity index (χ1) is 9.54. The summed E-state index contributed by atoms with van der Waals surface area (Å²) < 4.78 is 0.750. The normalized spacial score (nSPS) is 10.3. The van der Waals surface area contributed by atoms with Gasteiger partial charge in [0.1, 0.15) is 0 Å². The number of carboxylic acid groups (broad SMARTS) is 1. The van der Waals surface area contributed by atoms with Crippen LogP contribution in [0.5, 0.6) is 0 Å². The van der Waals surface area contributed by atoms with Gasteiger partial charge in [-0.2, -0.15) is 0 Å². The molecule has 3 N–H and O–H groups in total. The van der Waals surface area contributed by atoms with Gasteiger partial charge in [-0.25, -0.2) is 4.79 Å². The fourth-order valence-electron chi connectivity index (χ4n) is 1.60. The summed E-state index contributed by atoms with van der Waals surface area (Å²) in [5, 5.41) is 14.8. The Hall–Kier alpha value is -1.40. The Bertz CT molecular complexity index is 477. The largest absolute Gasteiger partial charge is 0.478 e. The topological polar surface area (TPSA) is 78.4 Å². The average molecular weight is 343 g/mol. The van der Waals surface area contributed by atoms with Crippen LogP contribution in [0.1, 0.15) is 35.7 Å². The molecule has 110 valence electrons. The molecule has 0 aromatic heterocycles. The first-order valence-electron chi connectivity index (χ1n) is 6.53. The lowest BCUT2D eigenvalue weighted by atomic mass is 10.1. The van der Waals surface area contributed by atoms with Crippen LogP contribution in [0, 0.1) is 0 Å². The lowest BCUT2D eigenvalue weighted by Gasteiger charge is -2.08. The van der Waals surface area contributed by atoms with Crippen LogP contribution in [0.25, 0.3) is 0 Å². The summed E-state index contributed by atoms with van der Waals surface area (Å²) >= 11 is 3.35. The zero-order valence-electron chi connectivity index (χ0n) is 11.4. The molecule has 20 heavy (non-hydrogen) atoms. The second-order valence-corrected chi connectivity index (χ2v) is 5.24. The van der Waals surface area contributed by atoms with Gasteiger partial charge in [-0.3, -0.25) is 4.79 Å². The quantitative estimate of drug-likeness (QED) is 0.632. The molecule has 5 nitrogen and oxygen atoms in total. The molecule has 0 heterocycles. The zero-order chi connectivity index (χ0) is 15.0. The number of hydrogen-bond acceptors (Lipinski definition) is 3. The number of hydrogen-bond donors (Lipinski definition) is 3. The molecule has 0 aliphatic heterocycles. The van der Waals surface area contributed by atoms with Gasteiger partial charge < -0.3 is 15.7 Å². The SMILES string of the molecule is CCCNC(=O)CCNCc1ccc(C(=O)O)cc1Br. The Morgan fingerprint density at radius 1 is 1.30 bits per heavy atom. The highest BCUT2D eigenvalue weighted by atomic mass is 79.9. The summed E-state index contributed by atoms with van der Waals surface area (Å²) in [6.07, 6.45) is 1.37. The fraction of sp³-hybridized carbons (Fsp3) is 0.429. The van der Waals surface area contributed by atoms with Crippen molar-refractivity contribution in [2.24, 2.45) is 0 Å². The number of carboxylic acids is 1. The molecule has 0 radical (unpaired) electrons. The average Bonchev–Trinajstić information content (AvgIpc) is 2.42. The van der Waals surface area contributed by atoms with E-state index in [0.717, 1.165) is 16.5 Å². The van der Waals surface area contributed by atoms with Crippen molar-refractivity contribution >= 4 is 27.8 Å². The molecule has 0 saturated carbocycles. The van der Waals surface area contributed by atoms with Crippen molar-refractivity contribution in [1.82, 2.24) is 10.6 Å². The van der Waals surface area contributed by atoms with Crippen LogP contribution < -0.4 is 10.6 Å². The molecule has 0 aliphatic rings. The van der Waals surface area contributed by atoms with Crippen LogP contribution in [-0.2, 0) is 11.3 Å². The van der Waals surface area contributed by atoms with Gasteiger partial charge in [-0.05, 0) is 24.1 Å². The van der Waals surface area contributed by atoms with Gasteiger partial charge >= 0.3 is 5.97 Å². The summed E-state index contributed by atoms with van der Waals surface area (Å²) in [6.45, 7) is 3.89. The van der Waals surface area contributed by atoms with Gasteiger partial charge in [0.2, 0.25) is 5.91 Å². The van der Waals surface area contributed by atoms with Gasteiger partial charge in [-0.1, -0.05) is 28.9 Å². The summed E-state index contributed by atoms with van der Waals surface area (Å²) in [7, 11) is 0. The van der Waals surface area contributed by atoms with Crippen molar-refractivity contribution in [2.75, 3.05) is 13.1 Å². The van der Waals surface area contributed by atoms with E-state index in [1.807, 2.05) is 6.92 Å². The highest BCUT2D eigenvalue weighted by molar-refractivity contribution is 9.10. The number of carbonyl (C=O) groups excluding carboxylic acids is 1. The number of aromatic carboxylic acids is 1. The lowest BCUT2D eigenvalue weighted by molar-refractivity contribution is -0.120. The summed E-state index contributed by atoms with van der Waals surface area (Å²) in [5.41, 5.74) is 1.21. The minimum Gasteiger partial charge on any atom is -0.478 e. The van der Waals surface area contributed by atoms with E-state index in [9.17, 15) is 9.59 Å². The predicted octanol–water partition coefficient (Wildman–Crippen LogP) is 2.15. The van der Waals surface area contributed by atoms with E-state index in [0.29, 0.717) is 26.1 Å². The molecule has 0 aliphatic carbocycles. The minimum absolute atomic E-state index is 0.0413. The Balaban J connectivity index is 2.35. The second-order valence-electron chi connectivity index (χ2n) is 4.39. The highest BCUT2D eigenvalue weighted by Crippen LogP contribution is 2.18. The Labute approximate surface area is 126 Å². The van der Waals surface area contributed by atoms with Crippen LogP contribution >= 0.6 is 15.9 Å². The van der Waals surface area contributed by atoms with Crippen LogP contribution in [-0.4, -0.2) is 30.1 Å². The molecular weight excluding hydrogens is 324 g/mol. The Morgan fingerprint density at radius 2 is 2.05 bits per heavy atom. The zero-order valence-corrected chi connectivity index (χ0v) is 13.0. The molecule has 0 atom stereocenters. The van der Waals surface area contributed by atoms with Crippen molar-refractivity contribution in [2.45, 2.75) is 26.3 Å². The molecule has 0 unspecified atom stereocenters. The van der Waals surface area contributed by atoms with Gasteiger partial charge in [0, 0.05) is 30.5 Å². The van der Waals surface area contributed by atoms with E-state index < -0.39 is 5.97 Å². The Morgan fingerprint density at radius 3 is 2.65 bits per heavy atom. The molecule has 1 rings (SSSR count). The van der Waals surface area contributed by atoms with E-state index in [4.69, 9.17) is 5.11 Å². The van der Waals surface area contributed by atoms with Crippen LogP contribution in [0.3, 0.4) is 0 Å². The number of halogens is 1. The molecule has 0 saturated heterocycles. The maximum Gasteiger partial charge on any atom is 0.335 e. The first kappa shape index (κ1) is 16.7. The molecule has 1 aromatic rings. The van der Waals surface area contributed by atoms with Crippen LogP contribution in [0.15, 0.2) is 22.7 Å². The second kappa shape index (κ2) is 8.71. The summed E-state index contributed by atoms with van der Waals surface area (Å²) in [4.78, 5) is 22.2. The third-order valence-electron chi connectivity index (χ3n) is 2.72. The van der Waals surface area contributed by atoms with Gasteiger partial charge in [0.15, 0.2) is 0 Å². The van der Waals surface area contributed by atoms with Gasteiger partial charge in [0.05, 0.1) is 5.56 Å². The third-order valence-corrected chi connectivity index (χ3v) is 3.45. The Kier molecular flexibility index (Phi) is 7.25. The number of carbonyl (C=O) groups is 2. The number of nitrogens with one attached hydrogen (secondary N) is 2. The molecule has 1 aromatic carbocycles. The van der Waals surface area contributed by atoms with E-state index in [-0.39, 0.29) is 11.5 Å². The molecular formula is C14H19BrN2O3. The summed E-state index contributed by atoms with van der Waals surface area (Å²) in [5.74, 6) is -0.905. The van der Waals surface area contributed by atoms with Crippen molar-refractivity contribution in [3.63, 3.8) is 0 Å². The third kappa shape index (κ3) is 5.71. The standard InChI is InChI=1S/C14H19BrN2O3/c1-2-6-17-13(18)5-7-16-9-11-4-3-10(14(19)20)8-12(11)15/h3-4,8,16H,2,5-7,9H2,1H3,(H,17,18)(H,19,20). The van der Waals surface area contributed by atoms with Gasteiger partial charge in [-0.15, -0.1) is 0 Å². The van der Waals surface area contributed by atoms with Crippen molar-refractivity contribution < 1.29 is 14.7 Å². The fourth-order valence-corrected chi connectivity index (χ4v) is 2.12.